The summed E-state index contributed by atoms with van der Waals surface area (Å²) in [6, 6.07) is 8.35. The number of fused-ring (bicyclic) bond motifs is 1. The predicted molar refractivity (Wildman–Crippen MR) is 98.9 cm³/mol. The van der Waals surface area contributed by atoms with Gasteiger partial charge in [-0.2, -0.15) is 0 Å². The number of hydrogen-bond acceptors (Lipinski definition) is 3. The van der Waals surface area contributed by atoms with Crippen LogP contribution in [0.15, 0.2) is 42.0 Å². The van der Waals surface area contributed by atoms with E-state index in [2.05, 4.69) is 62.1 Å². The molecule has 2 bridgehead atoms. The fraction of sp³-hybridized carbons (Fsp3) is 0.476. The van der Waals surface area contributed by atoms with Gasteiger partial charge >= 0.3 is 0 Å². The van der Waals surface area contributed by atoms with Gasteiger partial charge in [-0.15, -0.1) is 0 Å². The van der Waals surface area contributed by atoms with E-state index in [1.165, 1.54) is 5.57 Å². The molecule has 1 aromatic carbocycles. The molecule has 3 heteroatoms. The van der Waals surface area contributed by atoms with Crippen LogP contribution in [0.3, 0.4) is 0 Å². The number of aliphatic hydroxyl groups excluding tert-OH is 1. The number of benzene rings is 1. The van der Waals surface area contributed by atoms with Crippen LogP contribution in [0.1, 0.15) is 32.8 Å². The Morgan fingerprint density at radius 2 is 1.92 bits per heavy atom. The zero-order valence-corrected chi connectivity index (χ0v) is 14.8. The van der Waals surface area contributed by atoms with Crippen LogP contribution in [0.25, 0.3) is 6.08 Å². The maximum absolute atomic E-state index is 12.1. The molecule has 0 aromatic heterocycles. The summed E-state index contributed by atoms with van der Waals surface area (Å²) in [5.74, 6) is 1.03. The lowest BCUT2D eigenvalue weighted by Gasteiger charge is -2.54. The summed E-state index contributed by atoms with van der Waals surface area (Å²) in [4.78, 5) is 14.3. The lowest BCUT2D eigenvalue weighted by atomic mass is 9.48. The van der Waals surface area contributed by atoms with E-state index < -0.39 is 0 Å². The van der Waals surface area contributed by atoms with Crippen molar-refractivity contribution in [2.45, 2.75) is 27.2 Å². The Morgan fingerprint density at radius 3 is 2.46 bits per heavy atom. The van der Waals surface area contributed by atoms with Gasteiger partial charge in [-0.3, -0.25) is 4.79 Å². The Hall–Kier alpha value is -1.87. The van der Waals surface area contributed by atoms with E-state index in [4.69, 9.17) is 5.11 Å². The molecule has 1 aromatic rings. The van der Waals surface area contributed by atoms with Crippen LogP contribution in [0, 0.1) is 17.3 Å². The van der Waals surface area contributed by atoms with Crippen molar-refractivity contribution in [3.05, 3.63) is 47.6 Å². The third-order valence-corrected chi connectivity index (χ3v) is 5.80. The summed E-state index contributed by atoms with van der Waals surface area (Å²) in [5.41, 5.74) is 3.54. The Bertz CT molecular complexity index is 670. The molecule has 1 N–H and O–H groups in total. The van der Waals surface area contributed by atoms with Gasteiger partial charge < -0.3 is 10.0 Å². The van der Waals surface area contributed by atoms with Crippen molar-refractivity contribution in [2.75, 3.05) is 24.6 Å². The first-order valence-electron chi connectivity index (χ1n) is 8.86. The molecule has 3 aliphatic rings. The van der Waals surface area contributed by atoms with Gasteiger partial charge in [0.2, 0.25) is 0 Å². The van der Waals surface area contributed by atoms with E-state index in [1.807, 2.05) is 6.08 Å². The van der Waals surface area contributed by atoms with Crippen molar-refractivity contribution in [1.29, 1.82) is 0 Å². The maximum Gasteiger partial charge on any atom is 0.159 e. The van der Waals surface area contributed by atoms with E-state index in [1.54, 1.807) is 0 Å². The van der Waals surface area contributed by atoms with Gasteiger partial charge in [0.25, 0.3) is 0 Å². The second kappa shape index (κ2) is 6.56. The molecule has 3 nitrogen and oxygen atoms in total. The normalized spacial score (nSPS) is 24.7. The number of rotatable bonds is 6. The van der Waals surface area contributed by atoms with Crippen LogP contribution in [-0.2, 0) is 4.79 Å². The molecule has 0 radical (unpaired) electrons. The van der Waals surface area contributed by atoms with E-state index >= 15 is 0 Å². The second-order valence-corrected chi connectivity index (χ2v) is 7.44. The second-order valence-electron chi connectivity index (χ2n) is 7.44. The molecule has 0 aliphatic heterocycles. The molecule has 0 heterocycles. The van der Waals surface area contributed by atoms with Crippen molar-refractivity contribution in [1.82, 2.24) is 0 Å². The predicted octanol–water partition coefficient (Wildman–Crippen LogP) is 3.69. The summed E-state index contributed by atoms with van der Waals surface area (Å²) >= 11 is 0. The van der Waals surface area contributed by atoms with Crippen molar-refractivity contribution in [3.8, 4) is 0 Å². The van der Waals surface area contributed by atoms with Crippen molar-refractivity contribution in [3.63, 3.8) is 0 Å². The standard InChI is InChI=1S/C21H27NO2/c1-4-22(11-12-23)17-9-6-15(7-10-17)5-8-16-13-20(24)19-14-18(16)21(19,2)3/h5-10,13,18-19,23H,4,11-12,14H2,1-3H3/b8-5+. The quantitative estimate of drug-likeness (QED) is 0.867. The fourth-order valence-electron chi connectivity index (χ4n) is 4.08. The summed E-state index contributed by atoms with van der Waals surface area (Å²) in [7, 11) is 0. The minimum atomic E-state index is 0.112. The number of allylic oxidation sites excluding steroid dienone is 3. The molecule has 3 aliphatic carbocycles. The topological polar surface area (TPSA) is 40.5 Å². The lowest BCUT2D eigenvalue weighted by molar-refractivity contribution is -0.133. The summed E-state index contributed by atoms with van der Waals surface area (Å²) in [6.45, 7) is 8.19. The molecular weight excluding hydrogens is 298 g/mol. The number of carbonyl (C=O) groups is 1. The van der Waals surface area contributed by atoms with Gasteiger partial charge in [-0.05, 0) is 54.0 Å². The van der Waals surface area contributed by atoms with Gasteiger partial charge in [0.05, 0.1) is 6.61 Å². The summed E-state index contributed by atoms with van der Waals surface area (Å²) in [6.07, 6.45) is 7.06. The smallest absolute Gasteiger partial charge is 0.159 e. The monoisotopic (exact) mass is 325 g/mol. The highest BCUT2D eigenvalue weighted by Crippen LogP contribution is 2.58. The zero-order valence-electron chi connectivity index (χ0n) is 14.8. The molecule has 0 saturated heterocycles. The van der Waals surface area contributed by atoms with Crippen LogP contribution < -0.4 is 4.90 Å². The minimum Gasteiger partial charge on any atom is -0.395 e. The molecule has 24 heavy (non-hydrogen) atoms. The van der Waals surface area contributed by atoms with Crippen LogP contribution in [-0.4, -0.2) is 30.6 Å². The average molecular weight is 325 g/mol. The Balaban J connectivity index is 1.72. The Morgan fingerprint density at radius 1 is 1.21 bits per heavy atom. The third-order valence-electron chi connectivity index (χ3n) is 5.80. The molecule has 0 spiro atoms. The van der Waals surface area contributed by atoms with Crippen LogP contribution in [0.2, 0.25) is 0 Å². The number of aliphatic hydroxyl groups is 1. The van der Waals surface area contributed by atoms with Crippen molar-refractivity contribution >= 4 is 17.5 Å². The number of hydrogen-bond donors (Lipinski definition) is 1. The fourth-order valence-corrected chi connectivity index (χ4v) is 4.08. The first kappa shape index (κ1) is 17.0. The molecule has 1 fully saturated rings. The van der Waals surface area contributed by atoms with Crippen LogP contribution in [0.4, 0.5) is 5.69 Å². The first-order chi connectivity index (χ1) is 11.5. The van der Waals surface area contributed by atoms with Crippen LogP contribution >= 0.6 is 0 Å². The minimum absolute atomic E-state index is 0.112. The molecular formula is C21H27NO2. The third kappa shape index (κ3) is 2.93. The van der Waals surface area contributed by atoms with Gasteiger partial charge in [-0.1, -0.05) is 38.1 Å². The molecule has 2 atom stereocenters. The average Bonchev–Trinajstić information content (AvgIpc) is 2.57. The lowest BCUT2D eigenvalue weighted by Crippen LogP contribution is -2.52. The van der Waals surface area contributed by atoms with Gasteiger partial charge in [0.15, 0.2) is 5.78 Å². The highest BCUT2D eigenvalue weighted by Gasteiger charge is 2.54. The Kier molecular flexibility index (Phi) is 4.64. The SMILES string of the molecule is CCN(CCO)c1ccc(/C=C/C2=CC(=O)C3CC2C3(C)C)cc1. The molecule has 4 rings (SSSR count). The molecule has 128 valence electrons. The number of carbonyl (C=O) groups excluding carboxylic acids is 1. The molecule has 2 unspecified atom stereocenters. The summed E-state index contributed by atoms with van der Waals surface area (Å²) in [5, 5.41) is 9.12. The summed E-state index contributed by atoms with van der Waals surface area (Å²) < 4.78 is 0. The van der Waals surface area contributed by atoms with E-state index in [0.29, 0.717) is 18.2 Å². The zero-order chi connectivity index (χ0) is 17.3. The number of anilines is 1. The Labute approximate surface area is 144 Å². The van der Waals surface area contributed by atoms with Crippen LogP contribution in [0.5, 0.6) is 0 Å². The van der Waals surface area contributed by atoms with Crippen molar-refractivity contribution in [2.24, 2.45) is 17.3 Å². The van der Waals surface area contributed by atoms with Gasteiger partial charge in [0, 0.05) is 24.7 Å². The van der Waals surface area contributed by atoms with Gasteiger partial charge in [-0.25, -0.2) is 0 Å². The largest absolute Gasteiger partial charge is 0.395 e. The molecule has 0 amide bonds. The first-order valence-corrected chi connectivity index (χ1v) is 8.86. The number of nitrogens with zero attached hydrogens (tertiary/aromatic N) is 1. The molecule has 1 saturated carbocycles. The highest BCUT2D eigenvalue weighted by molar-refractivity contribution is 5.96. The number of likely N-dealkylation sites (N-methyl/N-ethyl adjacent to an activating group) is 1. The van der Waals surface area contributed by atoms with E-state index in [0.717, 1.165) is 24.2 Å². The highest BCUT2D eigenvalue weighted by atomic mass is 16.3. The van der Waals surface area contributed by atoms with E-state index in [9.17, 15) is 4.79 Å². The maximum atomic E-state index is 12.1. The van der Waals surface area contributed by atoms with Crippen molar-refractivity contribution < 1.29 is 9.90 Å². The van der Waals surface area contributed by atoms with Gasteiger partial charge in [0.1, 0.15) is 0 Å². The number of ketones is 1. The van der Waals surface area contributed by atoms with E-state index in [-0.39, 0.29) is 17.9 Å².